The van der Waals surface area contributed by atoms with Crippen molar-refractivity contribution in [2.75, 3.05) is 0 Å². The molecular weight excluding hydrogens is 152 g/mol. The third-order valence-electron chi connectivity index (χ3n) is 3.55. The minimum absolute atomic E-state index is 0.223. The Bertz CT molecular complexity index is 158. The van der Waals surface area contributed by atoms with Gasteiger partial charge in [0.05, 0.1) is 12.2 Å². The normalized spacial score (nSPS) is 48.5. The van der Waals surface area contributed by atoms with Crippen LogP contribution in [0, 0.1) is 11.8 Å². The molecule has 2 rings (SSSR count). The van der Waals surface area contributed by atoms with Gasteiger partial charge in [-0.05, 0) is 37.5 Å². The number of aliphatic hydroxyl groups excluding tert-OH is 2. The van der Waals surface area contributed by atoms with E-state index in [1.807, 2.05) is 0 Å². The van der Waals surface area contributed by atoms with Gasteiger partial charge in [0.15, 0.2) is 0 Å². The fourth-order valence-corrected chi connectivity index (χ4v) is 2.93. The Labute approximate surface area is 73.6 Å². The monoisotopic (exact) mass is 170 g/mol. The summed E-state index contributed by atoms with van der Waals surface area (Å²) in [6, 6.07) is 0. The molecule has 0 radical (unpaired) electrons. The van der Waals surface area contributed by atoms with Gasteiger partial charge in [0, 0.05) is 0 Å². The van der Waals surface area contributed by atoms with Gasteiger partial charge in [-0.25, -0.2) is 0 Å². The molecule has 4 unspecified atom stereocenters. The maximum Gasteiger partial charge on any atom is 0.0595 e. The third kappa shape index (κ3) is 1.50. The van der Waals surface area contributed by atoms with Crippen LogP contribution < -0.4 is 0 Å². The van der Waals surface area contributed by atoms with E-state index in [4.69, 9.17) is 0 Å². The Balaban J connectivity index is 2.01. The summed E-state index contributed by atoms with van der Waals surface area (Å²) in [5.41, 5.74) is 0. The molecular formula is C10H18O2. The van der Waals surface area contributed by atoms with E-state index in [1.165, 1.54) is 25.7 Å². The predicted octanol–water partition coefficient (Wildman–Crippen LogP) is 1.31. The summed E-state index contributed by atoms with van der Waals surface area (Å²) < 4.78 is 0. The Morgan fingerprint density at radius 1 is 0.917 bits per heavy atom. The van der Waals surface area contributed by atoms with Gasteiger partial charge in [0.1, 0.15) is 0 Å². The Hall–Kier alpha value is -0.0800. The van der Waals surface area contributed by atoms with Crippen molar-refractivity contribution in [1.82, 2.24) is 0 Å². The summed E-state index contributed by atoms with van der Waals surface area (Å²) in [6.07, 6.45) is 6.05. The van der Waals surface area contributed by atoms with Gasteiger partial charge in [-0.2, -0.15) is 0 Å². The number of fused-ring (bicyclic) bond motifs is 1. The van der Waals surface area contributed by atoms with Gasteiger partial charge < -0.3 is 10.2 Å². The van der Waals surface area contributed by atoms with Gasteiger partial charge >= 0.3 is 0 Å². The van der Waals surface area contributed by atoms with Crippen molar-refractivity contribution < 1.29 is 10.2 Å². The van der Waals surface area contributed by atoms with Crippen molar-refractivity contribution in [2.24, 2.45) is 11.8 Å². The zero-order chi connectivity index (χ0) is 8.55. The van der Waals surface area contributed by atoms with Crippen LogP contribution in [0.15, 0.2) is 0 Å². The van der Waals surface area contributed by atoms with E-state index in [9.17, 15) is 10.2 Å². The minimum Gasteiger partial charge on any atom is -0.393 e. The van der Waals surface area contributed by atoms with Crippen LogP contribution >= 0.6 is 0 Å². The predicted molar refractivity (Wildman–Crippen MR) is 46.7 cm³/mol. The molecule has 2 nitrogen and oxygen atoms in total. The number of aliphatic hydroxyl groups is 2. The molecule has 12 heavy (non-hydrogen) atoms. The lowest BCUT2D eigenvalue weighted by atomic mass is 9.68. The molecule has 2 aliphatic rings. The molecule has 2 N–H and O–H groups in total. The van der Waals surface area contributed by atoms with Crippen LogP contribution in [0.1, 0.15) is 38.5 Å². The lowest BCUT2D eigenvalue weighted by Gasteiger charge is -2.40. The molecule has 2 fully saturated rings. The van der Waals surface area contributed by atoms with Gasteiger partial charge in [0.2, 0.25) is 0 Å². The quantitative estimate of drug-likeness (QED) is 0.575. The summed E-state index contributed by atoms with van der Waals surface area (Å²) in [6.45, 7) is 0. The van der Waals surface area contributed by atoms with Crippen LogP contribution in [0.25, 0.3) is 0 Å². The summed E-state index contributed by atoms with van der Waals surface area (Å²) in [5, 5.41) is 19.2. The lowest BCUT2D eigenvalue weighted by molar-refractivity contribution is -0.0467. The number of rotatable bonds is 0. The standard InChI is InChI=1S/C10H18O2/c11-8-5-7-3-1-2-4-9(7)10(12)6-8/h7-12H,1-6H2. The molecule has 0 aromatic carbocycles. The van der Waals surface area contributed by atoms with Crippen molar-refractivity contribution in [2.45, 2.75) is 50.7 Å². The zero-order valence-electron chi connectivity index (χ0n) is 7.45. The first kappa shape index (κ1) is 8.52. The van der Waals surface area contributed by atoms with E-state index < -0.39 is 0 Å². The van der Waals surface area contributed by atoms with E-state index >= 15 is 0 Å². The van der Waals surface area contributed by atoms with Gasteiger partial charge in [-0.15, -0.1) is 0 Å². The number of hydrogen-bond acceptors (Lipinski definition) is 2. The molecule has 2 aliphatic carbocycles. The SMILES string of the molecule is OC1CC(O)C2CCCCC2C1. The summed E-state index contributed by atoms with van der Waals surface area (Å²) in [4.78, 5) is 0. The molecule has 2 heteroatoms. The second-order valence-electron chi connectivity index (χ2n) is 4.40. The second kappa shape index (κ2) is 3.35. The Morgan fingerprint density at radius 2 is 1.67 bits per heavy atom. The van der Waals surface area contributed by atoms with Crippen molar-refractivity contribution in [3.63, 3.8) is 0 Å². The molecule has 0 aromatic rings. The fraction of sp³-hybridized carbons (Fsp3) is 1.00. The van der Waals surface area contributed by atoms with Gasteiger partial charge in [0.25, 0.3) is 0 Å². The fourth-order valence-electron chi connectivity index (χ4n) is 2.93. The van der Waals surface area contributed by atoms with Crippen LogP contribution in [0.3, 0.4) is 0 Å². The Kier molecular flexibility index (Phi) is 2.37. The molecule has 70 valence electrons. The molecule has 0 bridgehead atoms. The molecule has 0 aliphatic heterocycles. The Morgan fingerprint density at radius 3 is 2.50 bits per heavy atom. The molecule has 0 spiro atoms. The van der Waals surface area contributed by atoms with Crippen LogP contribution in [0.4, 0.5) is 0 Å². The smallest absolute Gasteiger partial charge is 0.0595 e. The summed E-state index contributed by atoms with van der Waals surface area (Å²) >= 11 is 0. The van der Waals surface area contributed by atoms with Crippen molar-refractivity contribution in [1.29, 1.82) is 0 Å². The van der Waals surface area contributed by atoms with Gasteiger partial charge in [-0.3, -0.25) is 0 Å². The first-order chi connectivity index (χ1) is 5.77. The molecule has 0 saturated heterocycles. The highest BCUT2D eigenvalue weighted by Crippen LogP contribution is 2.40. The molecule has 0 heterocycles. The summed E-state index contributed by atoms with van der Waals surface area (Å²) in [5.74, 6) is 1.11. The van der Waals surface area contributed by atoms with Crippen LogP contribution in [-0.2, 0) is 0 Å². The molecule has 2 saturated carbocycles. The zero-order valence-corrected chi connectivity index (χ0v) is 7.45. The van der Waals surface area contributed by atoms with E-state index in [-0.39, 0.29) is 12.2 Å². The van der Waals surface area contributed by atoms with Crippen molar-refractivity contribution in [3.05, 3.63) is 0 Å². The largest absolute Gasteiger partial charge is 0.393 e. The van der Waals surface area contributed by atoms with E-state index in [0.29, 0.717) is 18.3 Å². The average Bonchev–Trinajstić information content (AvgIpc) is 2.04. The second-order valence-corrected chi connectivity index (χ2v) is 4.40. The first-order valence-electron chi connectivity index (χ1n) is 5.13. The maximum absolute atomic E-state index is 9.71. The van der Waals surface area contributed by atoms with E-state index in [0.717, 1.165) is 6.42 Å². The molecule has 0 aromatic heterocycles. The average molecular weight is 170 g/mol. The minimum atomic E-state index is -0.237. The molecule has 4 atom stereocenters. The lowest BCUT2D eigenvalue weighted by Crippen LogP contribution is -2.40. The third-order valence-corrected chi connectivity index (χ3v) is 3.55. The topological polar surface area (TPSA) is 40.5 Å². The van der Waals surface area contributed by atoms with Crippen LogP contribution in [-0.4, -0.2) is 22.4 Å². The highest BCUT2D eigenvalue weighted by molar-refractivity contribution is 4.88. The highest BCUT2D eigenvalue weighted by Gasteiger charge is 2.37. The van der Waals surface area contributed by atoms with Crippen LogP contribution in [0.2, 0.25) is 0 Å². The molecule has 0 amide bonds. The van der Waals surface area contributed by atoms with E-state index in [1.54, 1.807) is 0 Å². The summed E-state index contributed by atoms with van der Waals surface area (Å²) in [7, 11) is 0. The van der Waals surface area contributed by atoms with Crippen molar-refractivity contribution in [3.8, 4) is 0 Å². The van der Waals surface area contributed by atoms with Crippen molar-refractivity contribution >= 4 is 0 Å². The number of hydrogen-bond donors (Lipinski definition) is 2. The first-order valence-corrected chi connectivity index (χ1v) is 5.13. The van der Waals surface area contributed by atoms with Crippen LogP contribution in [0.5, 0.6) is 0 Å². The maximum atomic E-state index is 9.71. The highest BCUT2D eigenvalue weighted by atomic mass is 16.3. The van der Waals surface area contributed by atoms with Gasteiger partial charge in [-0.1, -0.05) is 12.8 Å². The van der Waals surface area contributed by atoms with E-state index in [2.05, 4.69) is 0 Å².